The molecule has 0 aliphatic heterocycles. The summed E-state index contributed by atoms with van der Waals surface area (Å²) in [6.07, 6.45) is 0. The van der Waals surface area contributed by atoms with E-state index in [2.05, 4.69) is 5.32 Å². The van der Waals surface area contributed by atoms with E-state index in [0.717, 1.165) is 5.69 Å². The van der Waals surface area contributed by atoms with E-state index in [-0.39, 0.29) is 5.91 Å². The van der Waals surface area contributed by atoms with Gasteiger partial charge in [0.25, 0.3) is 11.8 Å². The Hall–Kier alpha value is -3.35. The molecule has 7 nitrogen and oxygen atoms in total. The van der Waals surface area contributed by atoms with E-state index in [1.54, 1.807) is 56.6 Å². The molecular formula is C20H23N3O4. The second-order valence-corrected chi connectivity index (χ2v) is 6.35. The Morgan fingerprint density at radius 1 is 0.926 bits per heavy atom. The third-order valence-corrected chi connectivity index (χ3v) is 3.75. The summed E-state index contributed by atoms with van der Waals surface area (Å²) < 4.78 is 5.06. The number of esters is 1. The van der Waals surface area contributed by atoms with Crippen molar-refractivity contribution >= 4 is 29.2 Å². The number of nitrogens with one attached hydrogen (secondary N) is 1. The van der Waals surface area contributed by atoms with Crippen LogP contribution in [-0.4, -0.2) is 57.5 Å². The number of amides is 2. The van der Waals surface area contributed by atoms with E-state index in [1.165, 1.54) is 4.90 Å². The lowest BCUT2D eigenvalue weighted by molar-refractivity contribution is -0.119. The van der Waals surface area contributed by atoms with Gasteiger partial charge in [-0.05, 0) is 42.5 Å². The Morgan fingerprint density at radius 3 is 2.19 bits per heavy atom. The maximum absolute atomic E-state index is 12.1. The van der Waals surface area contributed by atoms with E-state index in [9.17, 15) is 14.4 Å². The molecule has 0 fully saturated rings. The van der Waals surface area contributed by atoms with Gasteiger partial charge in [0.05, 0.1) is 5.56 Å². The van der Waals surface area contributed by atoms with Crippen molar-refractivity contribution < 1.29 is 19.1 Å². The van der Waals surface area contributed by atoms with Crippen molar-refractivity contribution in [3.8, 4) is 0 Å². The van der Waals surface area contributed by atoms with Crippen molar-refractivity contribution in [2.75, 3.05) is 45.0 Å². The van der Waals surface area contributed by atoms with Crippen molar-refractivity contribution in [1.82, 2.24) is 4.90 Å². The molecule has 0 radical (unpaired) electrons. The largest absolute Gasteiger partial charge is 0.452 e. The summed E-state index contributed by atoms with van der Waals surface area (Å²) in [5, 5.41) is 2.62. The minimum atomic E-state index is -0.569. The Kier molecular flexibility index (Phi) is 6.54. The van der Waals surface area contributed by atoms with E-state index in [4.69, 9.17) is 4.74 Å². The maximum atomic E-state index is 12.1. The van der Waals surface area contributed by atoms with Crippen molar-refractivity contribution in [3.63, 3.8) is 0 Å². The molecule has 0 unspecified atom stereocenters. The van der Waals surface area contributed by atoms with Gasteiger partial charge in [-0.2, -0.15) is 0 Å². The third-order valence-electron chi connectivity index (χ3n) is 3.75. The van der Waals surface area contributed by atoms with Crippen LogP contribution in [0, 0.1) is 0 Å². The molecule has 2 rings (SSSR count). The first kappa shape index (κ1) is 20.0. The summed E-state index contributed by atoms with van der Waals surface area (Å²) in [6, 6.07) is 13.4. The summed E-state index contributed by atoms with van der Waals surface area (Å²) in [5.74, 6) is -1.15. The molecule has 2 aromatic carbocycles. The van der Waals surface area contributed by atoms with Crippen LogP contribution in [0.1, 0.15) is 20.7 Å². The maximum Gasteiger partial charge on any atom is 0.338 e. The summed E-state index contributed by atoms with van der Waals surface area (Å²) in [6.45, 7) is -0.399. The monoisotopic (exact) mass is 369 g/mol. The number of anilines is 2. The summed E-state index contributed by atoms with van der Waals surface area (Å²) in [5.41, 5.74) is 2.27. The normalized spacial score (nSPS) is 10.1. The lowest BCUT2D eigenvalue weighted by atomic mass is 10.2. The molecule has 0 saturated carbocycles. The number of rotatable bonds is 6. The van der Waals surface area contributed by atoms with Gasteiger partial charge in [0.1, 0.15) is 0 Å². The van der Waals surface area contributed by atoms with Crippen molar-refractivity contribution in [2.45, 2.75) is 0 Å². The summed E-state index contributed by atoms with van der Waals surface area (Å²) in [7, 11) is 7.08. The molecule has 0 saturated heterocycles. The highest BCUT2D eigenvalue weighted by atomic mass is 16.5. The van der Waals surface area contributed by atoms with Crippen LogP contribution in [0.2, 0.25) is 0 Å². The van der Waals surface area contributed by atoms with E-state index in [1.807, 2.05) is 25.1 Å². The van der Waals surface area contributed by atoms with Gasteiger partial charge in [-0.1, -0.05) is 6.07 Å². The molecule has 0 heterocycles. The van der Waals surface area contributed by atoms with E-state index >= 15 is 0 Å². The smallest absolute Gasteiger partial charge is 0.338 e. The predicted molar refractivity (Wildman–Crippen MR) is 104 cm³/mol. The average molecular weight is 369 g/mol. The second kappa shape index (κ2) is 8.84. The second-order valence-electron chi connectivity index (χ2n) is 6.35. The van der Waals surface area contributed by atoms with Gasteiger partial charge in [0.15, 0.2) is 6.61 Å². The minimum absolute atomic E-state index is 0.123. The Morgan fingerprint density at radius 2 is 1.59 bits per heavy atom. The fourth-order valence-electron chi connectivity index (χ4n) is 2.28. The van der Waals surface area contributed by atoms with Crippen LogP contribution in [0.3, 0.4) is 0 Å². The topological polar surface area (TPSA) is 79.0 Å². The number of hydrogen-bond donors (Lipinski definition) is 1. The Balaban J connectivity index is 1.90. The molecule has 0 bridgehead atoms. The van der Waals surface area contributed by atoms with Crippen LogP contribution in [0.25, 0.3) is 0 Å². The Labute approximate surface area is 158 Å². The van der Waals surface area contributed by atoms with Crippen LogP contribution < -0.4 is 10.2 Å². The van der Waals surface area contributed by atoms with Gasteiger partial charge in [0.2, 0.25) is 0 Å². The highest BCUT2D eigenvalue weighted by molar-refractivity contribution is 5.97. The molecule has 142 valence electrons. The highest BCUT2D eigenvalue weighted by Gasteiger charge is 2.12. The average Bonchev–Trinajstić information content (AvgIpc) is 2.66. The van der Waals surface area contributed by atoms with Crippen molar-refractivity contribution in [3.05, 3.63) is 59.7 Å². The molecule has 1 N–H and O–H groups in total. The van der Waals surface area contributed by atoms with E-state index in [0.29, 0.717) is 16.8 Å². The highest BCUT2D eigenvalue weighted by Crippen LogP contribution is 2.14. The van der Waals surface area contributed by atoms with Gasteiger partial charge in [-0.3, -0.25) is 9.59 Å². The number of carbonyl (C=O) groups is 3. The number of nitrogens with zero attached hydrogens (tertiary/aromatic N) is 2. The van der Waals surface area contributed by atoms with Gasteiger partial charge in [-0.15, -0.1) is 0 Å². The fraction of sp³-hybridized carbons (Fsp3) is 0.250. The molecule has 0 spiro atoms. The van der Waals surface area contributed by atoms with Crippen LogP contribution in [0.5, 0.6) is 0 Å². The summed E-state index contributed by atoms with van der Waals surface area (Å²) >= 11 is 0. The Bertz CT molecular complexity index is 829. The number of carbonyl (C=O) groups excluding carboxylic acids is 3. The number of benzene rings is 2. The van der Waals surface area contributed by atoms with Crippen molar-refractivity contribution in [1.29, 1.82) is 0 Å². The molecule has 2 aromatic rings. The summed E-state index contributed by atoms with van der Waals surface area (Å²) in [4.78, 5) is 39.2. The van der Waals surface area contributed by atoms with Crippen molar-refractivity contribution in [2.24, 2.45) is 0 Å². The van der Waals surface area contributed by atoms with Gasteiger partial charge < -0.3 is 19.9 Å². The molecule has 0 aliphatic carbocycles. The van der Waals surface area contributed by atoms with Gasteiger partial charge >= 0.3 is 5.97 Å². The van der Waals surface area contributed by atoms with Crippen LogP contribution in [-0.2, 0) is 9.53 Å². The zero-order chi connectivity index (χ0) is 20.0. The van der Waals surface area contributed by atoms with Gasteiger partial charge in [0, 0.05) is 45.1 Å². The molecular weight excluding hydrogens is 346 g/mol. The van der Waals surface area contributed by atoms with Crippen LogP contribution in [0.4, 0.5) is 11.4 Å². The fourth-order valence-corrected chi connectivity index (χ4v) is 2.28. The molecule has 0 atom stereocenters. The lowest BCUT2D eigenvalue weighted by Crippen LogP contribution is -2.22. The molecule has 7 heteroatoms. The van der Waals surface area contributed by atoms with Crippen LogP contribution >= 0.6 is 0 Å². The number of hydrogen-bond acceptors (Lipinski definition) is 5. The molecule has 0 aliphatic rings. The first-order valence-electron chi connectivity index (χ1n) is 8.34. The SMILES string of the molecule is CN(C)C(=O)c1ccc(NC(=O)COC(=O)c2cccc(N(C)C)c2)cc1. The lowest BCUT2D eigenvalue weighted by Gasteiger charge is -2.13. The van der Waals surface area contributed by atoms with Crippen LogP contribution in [0.15, 0.2) is 48.5 Å². The number of ether oxygens (including phenoxy) is 1. The minimum Gasteiger partial charge on any atom is -0.452 e. The molecule has 27 heavy (non-hydrogen) atoms. The standard InChI is InChI=1S/C20H23N3O4/c1-22(2)17-7-5-6-15(12-17)20(26)27-13-18(24)21-16-10-8-14(9-11-16)19(25)23(3)4/h5-12H,13H2,1-4H3,(H,21,24). The third kappa shape index (κ3) is 5.57. The first-order chi connectivity index (χ1) is 12.8. The quantitative estimate of drug-likeness (QED) is 0.790. The zero-order valence-electron chi connectivity index (χ0n) is 15.9. The molecule has 0 aromatic heterocycles. The van der Waals surface area contributed by atoms with E-state index < -0.39 is 18.5 Å². The first-order valence-corrected chi connectivity index (χ1v) is 8.34. The zero-order valence-corrected chi connectivity index (χ0v) is 15.9. The molecule has 2 amide bonds. The van der Waals surface area contributed by atoms with Gasteiger partial charge in [-0.25, -0.2) is 4.79 Å². The predicted octanol–water partition coefficient (Wildman–Crippen LogP) is 2.25.